The number of esters is 1. The van der Waals surface area contributed by atoms with Crippen molar-refractivity contribution in [3.8, 4) is 0 Å². The van der Waals surface area contributed by atoms with E-state index in [1.165, 1.54) is 0 Å². The molecular weight excluding hydrogens is 256 g/mol. The van der Waals surface area contributed by atoms with Crippen molar-refractivity contribution in [1.29, 1.82) is 0 Å². The molecule has 0 radical (unpaired) electrons. The number of nitrogen functional groups attached to an aromatic ring is 1. The van der Waals surface area contributed by atoms with Crippen LogP contribution in [0.2, 0.25) is 0 Å². The zero-order chi connectivity index (χ0) is 13.9. The van der Waals surface area contributed by atoms with E-state index in [-0.39, 0.29) is 0 Å². The van der Waals surface area contributed by atoms with Gasteiger partial charge in [0, 0.05) is 5.69 Å². The molecule has 0 saturated heterocycles. The molecule has 0 aliphatic carbocycles. The molecule has 0 aromatic heterocycles. The molecule has 0 heterocycles. The molecule has 0 aliphatic heterocycles. The highest BCUT2D eigenvalue weighted by atomic mass is 32.2. The highest BCUT2D eigenvalue weighted by Crippen LogP contribution is 2.23. The zero-order valence-electron chi connectivity index (χ0n) is 10.5. The highest BCUT2D eigenvalue weighted by Gasteiger charge is 2.18. The van der Waals surface area contributed by atoms with Crippen LogP contribution in [0.1, 0.15) is 11.1 Å². The summed E-state index contributed by atoms with van der Waals surface area (Å²) in [7, 11) is -2.63. The Labute approximate surface area is 106 Å². The largest absolute Gasteiger partial charge is 0.468 e. The monoisotopic (exact) mass is 272 g/mol. The molecule has 3 N–H and O–H groups in total. The SMILES string of the molecule is COC(=O)CS(=O)(=O)Nc1cc(C)c(N)cc1C. The van der Waals surface area contributed by atoms with Crippen LogP contribution in [-0.2, 0) is 19.6 Å². The Kier molecular flexibility index (Phi) is 4.18. The number of hydrogen-bond donors (Lipinski definition) is 2. The van der Waals surface area contributed by atoms with Crippen LogP contribution in [0.5, 0.6) is 0 Å². The number of carbonyl (C=O) groups excluding carboxylic acids is 1. The molecule has 6 nitrogen and oxygen atoms in total. The quantitative estimate of drug-likeness (QED) is 0.624. The van der Waals surface area contributed by atoms with Crippen molar-refractivity contribution in [1.82, 2.24) is 0 Å². The standard InChI is InChI=1S/C11H16N2O4S/c1-7-5-10(8(2)4-9(7)12)13-18(15,16)6-11(14)17-3/h4-5,13H,6,12H2,1-3H3. The topological polar surface area (TPSA) is 98.5 Å². The van der Waals surface area contributed by atoms with Crippen molar-refractivity contribution >= 4 is 27.4 Å². The maximum absolute atomic E-state index is 11.7. The fourth-order valence-corrected chi connectivity index (χ4v) is 2.42. The molecular formula is C11H16N2O4S. The fraction of sp³-hybridized carbons (Fsp3) is 0.364. The van der Waals surface area contributed by atoms with Crippen LogP contribution in [0.15, 0.2) is 12.1 Å². The highest BCUT2D eigenvalue weighted by molar-refractivity contribution is 7.93. The van der Waals surface area contributed by atoms with Crippen molar-refractivity contribution in [3.63, 3.8) is 0 Å². The average molecular weight is 272 g/mol. The van der Waals surface area contributed by atoms with Crippen molar-refractivity contribution < 1.29 is 17.9 Å². The minimum atomic E-state index is -3.76. The number of ether oxygens (including phenoxy) is 1. The van der Waals surface area contributed by atoms with Gasteiger partial charge in [0.25, 0.3) is 0 Å². The van der Waals surface area contributed by atoms with E-state index in [4.69, 9.17) is 5.73 Å². The van der Waals surface area contributed by atoms with Gasteiger partial charge in [0.15, 0.2) is 5.75 Å². The number of hydrogen-bond acceptors (Lipinski definition) is 5. The molecule has 1 rings (SSSR count). The number of methoxy groups -OCH3 is 1. The molecule has 7 heteroatoms. The van der Waals surface area contributed by atoms with Gasteiger partial charge in [0.05, 0.1) is 12.8 Å². The molecule has 0 saturated carbocycles. The summed E-state index contributed by atoms with van der Waals surface area (Å²) >= 11 is 0. The summed E-state index contributed by atoms with van der Waals surface area (Å²) in [5.74, 6) is -1.53. The van der Waals surface area contributed by atoms with Gasteiger partial charge in [-0.25, -0.2) is 8.42 Å². The maximum Gasteiger partial charge on any atom is 0.322 e. The van der Waals surface area contributed by atoms with E-state index in [0.717, 1.165) is 12.7 Å². The number of anilines is 2. The number of carbonyl (C=O) groups is 1. The summed E-state index contributed by atoms with van der Waals surface area (Å²) in [5, 5.41) is 0. The normalized spacial score (nSPS) is 11.1. The lowest BCUT2D eigenvalue weighted by Gasteiger charge is -2.12. The molecule has 100 valence electrons. The first-order valence-corrected chi connectivity index (χ1v) is 6.84. The van der Waals surface area contributed by atoms with E-state index < -0.39 is 21.7 Å². The van der Waals surface area contributed by atoms with Crippen LogP contribution in [0.4, 0.5) is 11.4 Å². The Morgan fingerprint density at radius 3 is 2.50 bits per heavy atom. The summed E-state index contributed by atoms with van der Waals surface area (Å²) in [6.07, 6.45) is 0. The Hall–Kier alpha value is -1.76. The van der Waals surface area contributed by atoms with Crippen molar-refractivity contribution in [2.24, 2.45) is 0 Å². The second-order valence-electron chi connectivity index (χ2n) is 3.96. The molecule has 18 heavy (non-hydrogen) atoms. The summed E-state index contributed by atoms with van der Waals surface area (Å²) in [4.78, 5) is 11.0. The molecule has 0 bridgehead atoms. The number of aryl methyl sites for hydroxylation is 2. The maximum atomic E-state index is 11.7. The molecule has 1 aromatic rings. The van der Waals surface area contributed by atoms with Crippen molar-refractivity contribution in [2.45, 2.75) is 13.8 Å². The Bertz CT molecular complexity index is 567. The van der Waals surface area contributed by atoms with Gasteiger partial charge < -0.3 is 10.5 Å². The Morgan fingerprint density at radius 2 is 1.94 bits per heavy atom. The minimum Gasteiger partial charge on any atom is -0.468 e. The van der Waals surface area contributed by atoms with Crippen LogP contribution in [0.3, 0.4) is 0 Å². The van der Waals surface area contributed by atoms with Gasteiger partial charge in [-0.1, -0.05) is 0 Å². The first-order chi connectivity index (χ1) is 8.25. The fourth-order valence-electron chi connectivity index (χ4n) is 1.37. The van der Waals surface area contributed by atoms with Crippen LogP contribution >= 0.6 is 0 Å². The van der Waals surface area contributed by atoms with Crippen molar-refractivity contribution in [3.05, 3.63) is 23.3 Å². The summed E-state index contributed by atoms with van der Waals surface area (Å²) in [6, 6.07) is 3.30. The van der Waals surface area contributed by atoms with E-state index >= 15 is 0 Å². The number of nitrogens with two attached hydrogens (primary N) is 1. The predicted molar refractivity (Wildman–Crippen MR) is 69.8 cm³/mol. The third-order valence-electron chi connectivity index (χ3n) is 2.41. The molecule has 0 amide bonds. The smallest absolute Gasteiger partial charge is 0.322 e. The molecule has 0 spiro atoms. The second kappa shape index (κ2) is 5.26. The molecule has 1 aromatic carbocycles. The molecule has 0 atom stereocenters. The zero-order valence-corrected chi connectivity index (χ0v) is 11.3. The van der Waals surface area contributed by atoms with Gasteiger partial charge in [-0.2, -0.15) is 0 Å². The molecule has 0 unspecified atom stereocenters. The van der Waals surface area contributed by atoms with Gasteiger partial charge in [0.2, 0.25) is 10.0 Å². The average Bonchev–Trinajstić information content (AvgIpc) is 2.24. The first kappa shape index (κ1) is 14.3. The second-order valence-corrected chi connectivity index (χ2v) is 5.68. The Balaban J connectivity index is 2.98. The number of nitrogens with one attached hydrogen (secondary N) is 1. The van der Waals surface area contributed by atoms with E-state index in [2.05, 4.69) is 9.46 Å². The van der Waals surface area contributed by atoms with Crippen LogP contribution < -0.4 is 10.5 Å². The van der Waals surface area contributed by atoms with E-state index in [1.54, 1.807) is 26.0 Å². The first-order valence-electron chi connectivity index (χ1n) is 5.19. The van der Waals surface area contributed by atoms with E-state index in [0.29, 0.717) is 16.9 Å². The van der Waals surface area contributed by atoms with Gasteiger partial charge in [-0.3, -0.25) is 9.52 Å². The lowest BCUT2D eigenvalue weighted by molar-refractivity contribution is -0.137. The summed E-state index contributed by atoms with van der Waals surface area (Å²) < 4.78 is 30.0. The van der Waals surface area contributed by atoms with Gasteiger partial charge >= 0.3 is 5.97 Å². The minimum absolute atomic E-state index is 0.408. The lowest BCUT2D eigenvalue weighted by Crippen LogP contribution is -2.24. The van der Waals surface area contributed by atoms with Crippen molar-refractivity contribution in [2.75, 3.05) is 23.3 Å². The van der Waals surface area contributed by atoms with Gasteiger partial charge in [-0.15, -0.1) is 0 Å². The molecule has 0 fully saturated rings. The third kappa shape index (κ3) is 3.63. The summed E-state index contributed by atoms with van der Waals surface area (Å²) in [6.45, 7) is 3.50. The number of rotatable bonds is 4. The van der Waals surface area contributed by atoms with Crippen LogP contribution in [0.25, 0.3) is 0 Å². The summed E-state index contributed by atoms with van der Waals surface area (Å²) in [5.41, 5.74) is 8.15. The van der Waals surface area contributed by atoms with Gasteiger partial charge in [-0.05, 0) is 37.1 Å². The van der Waals surface area contributed by atoms with E-state index in [1.807, 2.05) is 0 Å². The van der Waals surface area contributed by atoms with Crippen LogP contribution in [0, 0.1) is 13.8 Å². The number of benzene rings is 1. The third-order valence-corrected chi connectivity index (χ3v) is 3.56. The number of sulfonamides is 1. The van der Waals surface area contributed by atoms with Gasteiger partial charge in [0.1, 0.15) is 0 Å². The van der Waals surface area contributed by atoms with E-state index in [9.17, 15) is 13.2 Å². The van der Waals surface area contributed by atoms with Crippen LogP contribution in [-0.4, -0.2) is 27.2 Å². The predicted octanol–water partition coefficient (Wildman–Crippen LogP) is 0.800. The Morgan fingerprint density at radius 1 is 1.33 bits per heavy atom. The molecule has 0 aliphatic rings. The lowest BCUT2D eigenvalue weighted by atomic mass is 10.1.